The number of benzene rings is 1. The Morgan fingerprint density at radius 1 is 1.10 bits per heavy atom. The molecule has 1 aliphatic rings. The van der Waals surface area contributed by atoms with Crippen molar-refractivity contribution >= 4 is 11.8 Å². The second-order valence-corrected chi connectivity index (χ2v) is 8.08. The highest BCUT2D eigenvalue weighted by molar-refractivity contribution is 5.80. The predicted molar refractivity (Wildman–Crippen MR) is 126 cm³/mol. The van der Waals surface area contributed by atoms with Crippen LogP contribution in [-0.4, -0.2) is 61.7 Å². The normalized spacial score (nSPS) is 16.4. The van der Waals surface area contributed by atoms with Crippen molar-refractivity contribution in [3.63, 3.8) is 0 Å². The molecule has 0 amide bonds. The SMILES string of the molecule is CCNC(=NCc1ccnc(N2CCN(C)CC2)c1)NC(C)CCc1ccccc1. The lowest BCUT2D eigenvalue weighted by atomic mass is 10.1. The van der Waals surface area contributed by atoms with Gasteiger partial charge >= 0.3 is 0 Å². The van der Waals surface area contributed by atoms with E-state index >= 15 is 0 Å². The summed E-state index contributed by atoms with van der Waals surface area (Å²) in [6, 6.07) is 15.2. The largest absolute Gasteiger partial charge is 0.357 e. The van der Waals surface area contributed by atoms with Crippen molar-refractivity contribution in [2.24, 2.45) is 4.99 Å². The maximum Gasteiger partial charge on any atom is 0.191 e. The standard InChI is InChI=1S/C24H36N6/c1-4-25-24(28-20(2)10-11-21-8-6-5-7-9-21)27-19-22-12-13-26-23(18-22)30-16-14-29(3)15-17-30/h5-9,12-13,18,20H,4,10-11,14-17,19H2,1-3H3,(H2,25,27,28). The van der Waals surface area contributed by atoms with Crippen molar-refractivity contribution < 1.29 is 0 Å². The number of rotatable bonds is 8. The number of nitrogens with zero attached hydrogens (tertiary/aromatic N) is 4. The minimum absolute atomic E-state index is 0.348. The van der Waals surface area contributed by atoms with Crippen molar-refractivity contribution in [3.05, 3.63) is 59.8 Å². The Morgan fingerprint density at radius 3 is 2.60 bits per heavy atom. The molecule has 1 fully saturated rings. The molecule has 30 heavy (non-hydrogen) atoms. The minimum Gasteiger partial charge on any atom is -0.357 e. The van der Waals surface area contributed by atoms with E-state index in [2.05, 4.69) is 88.8 Å². The monoisotopic (exact) mass is 408 g/mol. The van der Waals surface area contributed by atoms with Crippen molar-refractivity contribution in [2.75, 3.05) is 44.7 Å². The van der Waals surface area contributed by atoms with E-state index in [1.807, 2.05) is 6.20 Å². The number of likely N-dealkylation sites (N-methyl/N-ethyl adjacent to an activating group) is 1. The first kappa shape index (κ1) is 22.1. The summed E-state index contributed by atoms with van der Waals surface area (Å²) in [4.78, 5) is 14.1. The number of piperazine rings is 1. The third-order valence-corrected chi connectivity index (χ3v) is 5.49. The van der Waals surface area contributed by atoms with Crippen LogP contribution in [0.4, 0.5) is 5.82 Å². The number of aromatic nitrogens is 1. The van der Waals surface area contributed by atoms with Crippen molar-refractivity contribution in [3.8, 4) is 0 Å². The van der Waals surface area contributed by atoms with E-state index in [1.165, 1.54) is 11.1 Å². The summed E-state index contributed by atoms with van der Waals surface area (Å²) in [7, 11) is 2.17. The molecule has 2 heterocycles. The van der Waals surface area contributed by atoms with Crippen LogP contribution in [0.1, 0.15) is 31.4 Å². The second-order valence-electron chi connectivity index (χ2n) is 8.08. The number of pyridine rings is 1. The smallest absolute Gasteiger partial charge is 0.191 e. The molecule has 0 radical (unpaired) electrons. The fourth-order valence-electron chi connectivity index (χ4n) is 3.59. The maximum atomic E-state index is 4.82. The molecule has 2 aromatic rings. The first-order valence-electron chi connectivity index (χ1n) is 11.1. The van der Waals surface area contributed by atoms with E-state index in [0.717, 1.165) is 57.3 Å². The van der Waals surface area contributed by atoms with Crippen LogP contribution in [0.3, 0.4) is 0 Å². The molecule has 1 saturated heterocycles. The van der Waals surface area contributed by atoms with Crippen LogP contribution >= 0.6 is 0 Å². The number of anilines is 1. The number of guanidine groups is 1. The van der Waals surface area contributed by atoms with Crippen LogP contribution < -0.4 is 15.5 Å². The quantitative estimate of drug-likeness (QED) is 0.520. The van der Waals surface area contributed by atoms with Gasteiger partial charge in [0.05, 0.1) is 6.54 Å². The zero-order chi connectivity index (χ0) is 21.2. The van der Waals surface area contributed by atoms with Gasteiger partial charge in [0.15, 0.2) is 5.96 Å². The fraction of sp³-hybridized carbons (Fsp3) is 0.500. The topological polar surface area (TPSA) is 55.8 Å². The number of hydrogen-bond acceptors (Lipinski definition) is 4. The Bertz CT molecular complexity index is 783. The molecule has 6 nitrogen and oxygen atoms in total. The van der Waals surface area contributed by atoms with Gasteiger partial charge in [-0.1, -0.05) is 30.3 Å². The molecular weight excluding hydrogens is 372 g/mol. The Labute approximate surface area is 181 Å². The van der Waals surface area contributed by atoms with Crippen LogP contribution in [0.5, 0.6) is 0 Å². The molecule has 6 heteroatoms. The van der Waals surface area contributed by atoms with Gasteiger partial charge < -0.3 is 20.4 Å². The number of aliphatic imine (C=N–C) groups is 1. The molecular formula is C24H36N6. The summed E-state index contributed by atoms with van der Waals surface area (Å²) < 4.78 is 0. The van der Waals surface area contributed by atoms with Crippen molar-refractivity contribution in [1.82, 2.24) is 20.5 Å². The summed E-state index contributed by atoms with van der Waals surface area (Å²) in [6.45, 7) is 10.0. The van der Waals surface area contributed by atoms with Gasteiger partial charge in [0.25, 0.3) is 0 Å². The Kier molecular flexibility index (Phi) is 8.51. The third kappa shape index (κ3) is 7.02. The van der Waals surface area contributed by atoms with E-state index in [0.29, 0.717) is 12.6 Å². The number of nitrogens with one attached hydrogen (secondary N) is 2. The fourth-order valence-corrected chi connectivity index (χ4v) is 3.59. The molecule has 0 aliphatic carbocycles. The van der Waals surface area contributed by atoms with Gasteiger partial charge in [0, 0.05) is 45.0 Å². The van der Waals surface area contributed by atoms with E-state index in [-0.39, 0.29) is 0 Å². The maximum absolute atomic E-state index is 4.82. The lowest BCUT2D eigenvalue weighted by Gasteiger charge is -2.33. The van der Waals surface area contributed by atoms with Gasteiger partial charge in [-0.05, 0) is 57.0 Å². The lowest BCUT2D eigenvalue weighted by molar-refractivity contribution is 0.312. The summed E-state index contributed by atoms with van der Waals surface area (Å²) >= 11 is 0. The number of aryl methyl sites for hydroxylation is 1. The average Bonchev–Trinajstić information content (AvgIpc) is 2.78. The summed E-state index contributed by atoms with van der Waals surface area (Å²) in [6.07, 6.45) is 4.03. The predicted octanol–water partition coefficient (Wildman–Crippen LogP) is 2.91. The molecule has 1 aromatic heterocycles. The highest BCUT2D eigenvalue weighted by Crippen LogP contribution is 2.15. The van der Waals surface area contributed by atoms with Crippen LogP contribution in [0.2, 0.25) is 0 Å². The molecule has 0 spiro atoms. The summed E-state index contributed by atoms with van der Waals surface area (Å²) in [5.41, 5.74) is 2.56. The van der Waals surface area contributed by atoms with Gasteiger partial charge in [-0.3, -0.25) is 0 Å². The first-order chi connectivity index (χ1) is 14.6. The molecule has 1 aliphatic heterocycles. The van der Waals surface area contributed by atoms with Crippen LogP contribution in [0, 0.1) is 0 Å². The Balaban J connectivity index is 1.55. The van der Waals surface area contributed by atoms with Crippen LogP contribution in [0.15, 0.2) is 53.7 Å². The third-order valence-electron chi connectivity index (χ3n) is 5.49. The molecule has 2 N–H and O–H groups in total. The Hall–Kier alpha value is -2.60. The van der Waals surface area contributed by atoms with E-state index in [1.54, 1.807) is 0 Å². The first-order valence-corrected chi connectivity index (χ1v) is 11.1. The molecule has 1 unspecified atom stereocenters. The average molecular weight is 409 g/mol. The van der Waals surface area contributed by atoms with Crippen molar-refractivity contribution in [2.45, 2.75) is 39.3 Å². The second kappa shape index (κ2) is 11.6. The van der Waals surface area contributed by atoms with Crippen LogP contribution in [-0.2, 0) is 13.0 Å². The van der Waals surface area contributed by atoms with Gasteiger partial charge in [-0.25, -0.2) is 9.98 Å². The Morgan fingerprint density at radius 2 is 1.87 bits per heavy atom. The van der Waals surface area contributed by atoms with Gasteiger partial charge in [-0.2, -0.15) is 0 Å². The summed E-state index contributed by atoms with van der Waals surface area (Å²) in [5.74, 6) is 1.93. The zero-order valence-electron chi connectivity index (χ0n) is 18.6. The molecule has 0 saturated carbocycles. The molecule has 0 bridgehead atoms. The van der Waals surface area contributed by atoms with Crippen LogP contribution in [0.25, 0.3) is 0 Å². The highest BCUT2D eigenvalue weighted by Gasteiger charge is 2.15. The zero-order valence-corrected chi connectivity index (χ0v) is 18.6. The van der Waals surface area contributed by atoms with E-state index in [9.17, 15) is 0 Å². The molecule has 3 rings (SSSR count). The van der Waals surface area contributed by atoms with Gasteiger partial charge in [0.2, 0.25) is 0 Å². The van der Waals surface area contributed by atoms with Gasteiger partial charge in [-0.15, -0.1) is 0 Å². The van der Waals surface area contributed by atoms with Gasteiger partial charge in [0.1, 0.15) is 5.82 Å². The summed E-state index contributed by atoms with van der Waals surface area (Å²) in [5, 5.41) is 6.92. The molecule has 1 aromatic carbocycles. The number of hydrogen-bond donors (Lipinski definition) is 2. The minimum atomic E-state index is 0.348. The van der Waals surface area contributed by atoms with Crippen molar-refractivity contribution in [1.29, 1.82) is 0 Å². The molecule has 1 atom stereocenters. The highest BCUT2D eigenvalue weighted by atomic mass is 15.3. The lowest BCUT2D eigenvalue weighted by Crippen LogP contribution is -2.44. The van der Waals surface area contributed by atoms with E-state index in [4.69, 9.17) is 4.99 Å². The van der Waals surface area contributed by atoms with E-state index < -0.39 is 0 Å². The molecule has 162 valence electrons.